The maximum Gasteiger partial charge on any atom is 0.246 e. The molecule has 0 aliphatic rings. The average molecular weight is 240 g/mol. The number of hydrogen-bond donors (Lipinski definition) is 1. The van der Waals surface area contributed by atoms with Crippen LogP contribution in [-0.4, -0.2) is 35.0 Å². The molecule has 1 amide bonds. The predicted molar refractivity (Wildman–Crippen MR) is 74.0 cm³/mol. The minimum absolute atomic E-state index is 0.0623. The lowest BCUT2D eigenvalue weighted by Gasteiger charge is -2.45. The zero-order chi connectivity index (χ0) is 13.9. The van der Waals surface area contributed by atoms with E-state index >= 15 is 0 Å². The van der Waals surface area contributed by atoms with E-state index in [1.165, 1.54) is 0 Å². The molecule has 0 rings (SSSR count). The fourth-order valence-electron chi connectivity index (χ4n) is 2.11. The molecule has 0 aliphatic heterocycles. The van der Waals surface area contributed by atoms with Gasteiger partial charge >= 0.3 is 0 Å². The summed E-state index contributed by atoms with van der Waals surface area (Å²) in [6.45, 7) is 20.0. The maximum atomic E-state index is 11.4. The number of carbonyl (C=O) groups excluding carboxylic acids is 1. The maximum absolute atomic E-state index is 11.4. The Morgan fingerprint density at radius 1 is 1.12 bits per heavy atom. The van der Waals surface area contributed by atoms with Gasteiger partial charge in [0, 0.05) is 29.7 Å². The molecule has 3 nitrogen and oxygen atoms in total. The molecule has 0 heterocycles. The topological polar surface area (TPSA) is 32.3 Å². The molecular formula is C14H28N2O. The summed E-state index contributed by atoms with van der Waals surface area (Å²) in [6, 6.07) is 0. The highest BCUT2D eigenvalue weighted by Gasteiger charge is 2.30. The van der Waals surface area contributed by atoms with Crippen LogP contribution in [-0.2, 0) is 4.79 Å². The van der Waals surface area contributed by atoms with Gasteiger partial charge in [0.05, 0.1) is 0 Å². The highest BCUT2D eigenvalue weighted by molar-refractivity contribution is 5.92. The highest BCUT2D eigenvalue weighted by atomic mass is 16.1. The van der Waals surface area contributed by atoms with Crippen molar-refractivity contribution in [3.8, 4) is 0 Å². The Kier molecular flexibility index (Phi) is 5.40. The van der Waals surface area contributed by atoms with E-state index in [-0.39, 0.29) is 17.0 Å². The van der Waals surface area contributed by atoms with Gasteiger partial charge in [0.25, 0.3) is 0 Å². The van der Waals surface area contributed by atoms with Crippen LogP contribution in [0.4, 0.5) is 0 Å². The molecule has 0 aromatic carbocycles. The van der Waals surface area contributed by atoms with Crippen molar-refractivity contribution in [3.63, 3.8) is 0 Å². The molecule has 0 radical (unpaired) electrons. The first-order chi connectivity index (χ1) is 7.46. The first kappa shape index (κ1) is 16.2. The summed E-state index contributed by atoms with van der Waals surface area (Å²) in [6.07, 6.45) is 0. The van der Waals surface area contributed by atoms with Gasteiger partial charge < -0.3 is 5.32 Å². The Bertz CT molecular complexity index is 268. The van der Waals surface area contributed by atoms with Gasteiger partial charge in [0.1, 0.15) is 0 Å². The normalized spacial score (nSPS) is 12.7. The SMILES string of the molecule is C=C(C)C(=O)NCCN(C(C)(C)C)C(C)(C)C. The predicted octanol–water partition coefficient (Wildman–Crippen LogP) is 2.58. The molecule has 3 heteroatoms. The second kappa shape index (κ2) is 5.67. The molecule has 17 heavy (non-hydrogen) atoms. The monoisotopic (exact) mass is 240 g/mol. The third-order valence-corrected chi connectivity index (χ3v) is 2.63. The minimum atomic E-state index is -0.0623. The van der Waals surface area contributed by atoms with Crippen LogP contribution in [0.5, 0.6) is 0 Å². The molecule has 0 aromatic rings. The van der Waals surface area contributed by atoms with Gasteiger partial charge in [0.15, 0.2) is 0 Å². The molecule has 1 N–H and O–H groups in total. The van der Waals surface area contributed by atoms with Gasteiger partial charge in [0.2, 0.25) is 5.91 Å². The van der Waals surface area contributed by atoms with Gasteiger partial charge in [-0.15, -0.1) is 0 Å². The number of nitrogens with zero attached hydrogens (tertiary/aromatic N) is 1. The van der Waals surface area contributed by atoms with Crippen LogP contribution in [0.1, 0.15) is 48.5 Å². The van der Waals surface area contributed by atoms with Crippen LogP contribution in [0, 0.1) is 0 Å². The Morgan fingerprint density at radius 3 is 1.82 bits per heavy atom. The minimum Gasteiger partial charge on any atom is -0.351 e. The van der Waals surface area contributed by atoms with Crippen molar-refractivity contribution in [2.45, 2.75) is 59.5 Å². The Labute approximate surface area is 106 Å². The summed E-state index contributed by atoms with van der Waals surface area (Å²) in [7, 11) is 0. The molecule has 0 unspecified atom stereocenters. The highest BCUT2D eigenvalue weighted by Crippen LogP contribution is 2.23. The van der Waals surface area contributed by atoms with Crippen molar-refractivity contribution in [1.29, 1.82) is 0 Å². The third-order valence-electron chi connectivity index (χ3n) is 2.63. The second-order valence-electron chi connectivity index (χ2n) is 6.53. The Balaban J connectivity index is 4.40. The average Bonchev–Trinajstić information content (AvgIpc) is 2.07. The van der Waals surface area contributed by atoms with Crippen molar-refractivity contribution >= 4 is 5.91 Å². The van der Waals surface area contributed by atoms with Gasteiger partial charge in [-0.1, -0.05) is 6.58 Å². The van der Waals surface area contributed by atoms with Crippen LogP contribution in [0.3, 0.4) is 0 Å². The fourth-order valence-corrected chi connectivity index (χ4v) is 2.11. The van der Waals surface area contributed by atoms with E-state index in [9.17, 15) is 4.79 Å². The summed E-state index contributed by atoms with van der Waals surface area (Å²) in [5.41, 5.74) is 0.737. The van der Waals surface area contributed by atoms with Crippen LogP contribution < -0.4 is 5.32 Å². The lowest BCUT2D eigenvalue weighted by molar-refractivity contribution is -0.117. The van der Waals surface area contributed by atoms with Crippen LogP contribution >= 0.6 is 0 Å². The van der Waals surface area contributed by atoms with Crippen LogP contribution in [0.2, 0.25) is 0 Å². The summed E-state index contributed by atoms with van der Waals surface area (Å²) < 4.78 is 0. The van der Waals surface area contributed by atoms with Crippen molar-refractivity contribution in [2.24, 2.45) is 0 Å². The number of rotatable bonds is 4. The second-order valence-corrected chi connectivity index (χ2v) is 6.53. The van der Waals surface area contributed by atoms with Gasteiger partial charge in [-0.25, -0.2) is 0 Å². The zero-order valence-corrected chi connectivity index (χ0v) is 12.5. The Morgan fingerprint density at radius 2 is 1.53 bits per heavy atom. The zero-order valence-electron chi connectivity index (χ0n) is 12.5. The molecule has 0 fully saturated rings. The van der Waals surface area contributed by atoms with Crippen molar-refractivity contribution in [2.75, 3.05) is 13.1 Å². The van der Waals surface area contributed by atoms with E-state index in [2.05, 4.69) is 58.3 Å². The van der Waals surface area contributed by atoms with Crippen LogP contribution in [0.15, 0.2) is 12.2 Å². The molecule has 0 atom stereocenters. The summed E-state index contributed by atoms with van der Waals surface area (Å²) in [4.78, 5) is 13.8. The summed E-state index contributed by atoms with van der Waals surface area (Å²) in [5, 5.41) is 2.88. The molecule has 100 valence electrons. The van der Waals surface area contributed by atoms with Gasteiger partial charge in [-0.05, 0) is 48.5 Å². The Hall–Kier alpha value is -0.830. The van der Waals surface area contributed by atoms with E-state index < -0.39 is 0 Å². The van der Waals surface area contributed by atoms with E-state index in [0.29, 0.717) is 12.1 Å². The van der Waals surface area contributed by atoms with Crippen molar-refractivity contribution in [3.05, 3.63) is 12.2 Å². The van der Waals surface area contributed by atoms with Crippen molar-refractivity contribution in [1.82, 2.24) is 10.2 Å². The number of hydrogen-bond acceptors (Lipinski definition) is 2. The summed E-state index contributed by atoms with van der Waals surface area (Å²) >= 11 is 0. The number of nitrogens with one attached hydrogen (secondary N) is 1. The third kappa shape index (κ3) is 5.87. The standard InChI is InChI=1S/C14H28N2O/c1-11(2)12(17)15-9-10-16(13(3,4)5)14(6,7)8/h1,9-10H2,2-8H3,(H,15,17). The molecule has 0 saturated heterocycles. The molecule has 0 aliphatic carbocycles. The van der Waals surface area contributed by atoms with E-state index in [0.717, 1.165) is 6.54 Å². The van der Waals surface area contributed by atoms with E-state index in [1.807, 2.05) is 0 Å². The van der Waals surface area contributed by atoms with Crippen molar-refractivity contribution < 1.29 is 4.79 Å². The van der Waals surface area contributed by atoms with Gasteiger partial charge in [-0.2, -0.15) is 0 Å². The smallest absolute Gasteiger partial charge is 0.246 e. The molecule has 0 spiro atoms. The molecular weight excluding hydrogens is 212 g/mol. The number of amides is 1. The van der Waals surface area contributed by atoms with Crippen LogP contribution in [0.25, 0.3) is 0 Å². The molecule has 0 aromatic heterocycles. The first-order valence-corrected chi connectivity index (χ1v) is 6.17. The lowest BCUT2D eigenvalue weighted by atomic mass is 9.96. The fraction of sp³-hybridized carbons (Fsp3) is 0.786. The van der Waals surface area contributed by atoms with E-state index in [1.54, 1.807) is 6.92 Å². The molecule has 0 bridgehead atoms. The first-order valence-electron chi connectivity index (χ1n) is 6.17. The quantitative estimate of drug-likeness (QED) is 0.766. The number of carbonyl (C=O) groups is 1. The lowest BCUT2D eigenvalue weighted by Crippen LogP contribution is -2.54. The summed E-state index contributed by atoms with van der Waals surface area (Å²) in [5.74, 6) is -0.0623. The largest absolute Gasteiger partial charge is 0.351 e. The van der Waals surface area contributed by atoms with Gasteiger partial charge in [-0.3, -0.25) is 9.69 Å². The van der Waals surface area contributed by atoms with E-state index in [4.69, 9.17) is 0 Å². The molecule has 0 saturated carbocycles.